The number of amides is 1. The molecule has 124 heavy (non-hydrogen) atoms. The van der Waals surface area contributed by atoms with E-state index in [4.69, 9.17) is 0 Å². The van der Waals surface area contributed by atoms with E-state index < -0.39 is 74.8 Å². The van der Waals surface area contributed by atoms with E-state index in [0.717, 1.165) is 24.3 Å². The number of carbonyl (C=O) groups excluding carboxylic acids is 3. The van der Waals surface area contributed by atoms with Gasteiger partial charge in [-0.2, -0.15) is 21.6 Å². The number of hydrogen-bond acceptors (Lipinski definition) is 11. The van der Waals surface area contributed by atoms with E-state index in [2.05, 4.69) is 390 Å². The Morgan fingerprint density at radius 2 is 0.629 bits per heavy atom. The first-order chi connectivity index (χ1) is 59.7. The molecule has 0 unspecified atom stereocenters. The first-order valence-electron chi connectivity index (χ1n) is 38.5. The van der Waals surface area contributed by atoms with Crippen molar-refractivity contribution in [1.29, 1.82) is 0 Å². The molecule has 0 aliphatic carbocycles. The fraction of sp³-hybridized carbons (Fsp3) is 0.0606. The Kier molecular flexibility index (Phi) is 35.3. The molecule has 1 amide bonds. The Labute approximate surface area is 736 Å². The van der Waals surface area contributed by atoms with Crippen LogP contribution in [0.2, 0.25) is 0 Å². The molecule has 16 nitrogen and oxygen atoms in total. The molecule has 626 valence electrons. The van der Waals surface area contributed by atoms with Gasteiger partial charge in [0.2, 0.25) is 17.7 Å². The van der Waals surface area contributed by atoms with Crippen LogP contribution in [0.25, 0.3) is 21.8 Å². The number of alkyl halides is 3. The number of non-ortho nitro benzene ring substituents is 2. The fourth-order valence-electron chi connectivity index (χ4n) is 12.7. The minimum atomic E-state index is -6.06. The second kappa shape index (κ2) is 46.9. The molecule has 2 heterocycles. The SMILES string of the molecule is CC(=O)NCC#Cc1cc2cc([N+](=O)[O-])ccc2n1C(C)=O.CCOC(=O)n1c(OS(=O)(=O)C(F)(F)F)cc2cc([N+](=O)[O-])ccc21.[Pd].c1ccc(P(c2ccccc2)c2ccccc2)cc1.c1ccc(P(c2ccccc2)c2ccccc2)cc1.c1ccc(P(c2ccccc2)c2ccccc2)cc1.c1ccc(P(c2ccccc2)c2ccccc2)cc1. The maximum Gasteiger partial charge on any atom is 0.534 e. The third-order valence-electron chi connectivity index (χ3n) is 18.0. The second-order valence-electron chi connectivity index (χ2n) is 26.5. The maximum atomic E-state index is 12.5. The smallest absolute Gasteiger partial charge is 0.449 e. The van der Waals surface area contributed by atoms with Crippen LogP contribution in [-0.2, 0) is 40.1 Å². The summed E-state index contributed by atoms with van der Waals surface area (Å²) in [6, 6.07) is 139. The van der Waals surface area contributed by atoms with Gasteiger partial charge >= 0.3 is 21.7 Å². The monoisotopic (exact) mass is 1840 g/mol. The second-order valence-corrected chi connectivity index (χ2v) is 36.9. The van der Waals surface area contributed by atoms with Crippen LogP contribution in [0.1, 0.15) is 31.3 Å². The number of nitro benzene ring substituents is 2. The van der Waals surface area contributed by atoms with Crippen molar-refractivity contribution in [3.8, 4) is 17.7 Å². The number of rotatable bonds is 18. The third kappa shape index (κ3) is 26.1. The molecule has 1 N–H and O–H groups in total. The summed E-state index contributed by atoms with van der Waals surface area (Å²) in [5.41, 5.74) is -5.34. The molecule has 14 aromatic carbocycles. The molecule has 0 spiro atoms. The van der Waals surface area contributed by atoms with E-state index in [1.54, 1.807) is 6.07 Å². The number of nitro groups is 2. The van der Waals surface area contributed by atoms with Gasteiger partial charge in [0.05, 0.1) is 34.0 Å². The van der Waals surface area contributed by atoms with Gasteiger partial charge < -0.3 is 14.2 Å². The molecule has 25 heteroatoms. The summed E-state index contributed by atoms with van der Waals surface area (Å²) in [7, 11) is -7.84. The number of ether oxygens (including phenoxy) is 1. The van der Waals surface area contributed by atoms with Gasteiger partial charge in [-0.05, 0) is 126 Å². The van der Waals surface area contributed by atoms with Gasteiger partial charge in [-0.3, -0.25) is 34.4 Å². The van der Waals surface area contributed by atoms with E-state index in [1.807, 2.05) is 0 Å². The third-order valence-corrected chi connectivity index (χ3v) is 28.7. The number of halogens is 3. The molecule has 0 radical (unpaired) electrons. The van der Waals surface area contributed by atoms with Gasteiger partial charge in [-0.1, -0.05) is 370 Å². The van der Waals surface area contributed by atoms with Crippen molar-refractivity contribution >= 4 is 157 Å². The summed E-state index contributed by atoms with van der Waals surface area (Å²) >= 11 is 0. The molecule has 0 atom stereocenters. The Morgan fingerprint density at radius 1 is 0.387 bits per heavy atom. The summed E-state index contributed by atoms with van der Waals surface area (Å²) in [6.45, 7) is 4.19. The first kappa shape index (κ1) is 93.3. The molecule has 0 saturated heterocycles. The van der Waals surface area contributed by atoms with Crippen molar-refractivity contribution in [3.05, 3.63) is 438 Å². The average molecular weight is 1840 g/mol. The maximum absolute atomic E-state index is 12.5. The van der Waals surface area contributed by atoms with Crippen LogP contribution in [-0.4, -0.2) is 64.0 Å². The van der Waals surface area contributed by atoms with E-state index in [0.29, 0.717) is 21.2 Å². The normalized spacial score (nSPS) is 10.7. The van der Waals surface area contributed by atoms with Gasteiger partial charge in [0.15, 0.2) is 0 Å². The van der Waals surface area contributed by atoms with E-state index in [1.165, 1.54) is 107 Å². The number of hydrogen-bond donors (Lipinski definition) is 1. The van der Waals surface area contributed by atoms with Crippen molar-refractivity contribution in [2.24, 2.45) is 0 Å². The first-order valence-corrected chi connectivity index (χ1v) is 45.3. The van der Waals surface area contributed by atoms with E-state index in [9.17, 15) is 56.2 Å². The molecule has 0 aliphatic heterocycles. The summed E-state index contributed by atoms with van der Waals surface area (Å²) < 4.78 is 70.3. The molecule has 16 rings (SSSR count). The number of fused-ring (bicyclic) bond motifs is 2. The van der Waals surface area contributed by atoms with Crippen LogP contribution >= 0.6 is 31.7 Å². The minimum absolute atomic E-state index is 0. The topological polar surface area (TPSA) is 212 Å². The summed E-state index contributed by atoms with van der Waals surface area (Å²) in [4.78, 5) is 54.8. The quantitative estimate of drug-likeness (QED) is 0.0162. The van der Waals surface area contributed by atoms with E-state index >= 15 is 0 Å². The molecule has 2 aromatic heterocycles. The van der Waals surface area contributed by atoms with Gasteiger partial charge in [-0.25, -0.2) is 9.36 Å². The van der Waals surface area contributed by atoms with Crippen molar-refractivity contribution in [1.82, 2.24) is 14.5 Å². The van der Waals surface area contributed by atoms with Crippen molar-refractivity contribution < 1.29 is 75.2 Å². The van der Waals surface area contributed by atoms with Crippen molar-refractivity contribution in [3.63, 3.8) is 0 Å². The largest absolute Gasteiger partial charge is 0.534 e. The summed E-state index contributed by atoms with van der Waals surface area (Å²) in [5, 5.41) is 41.4. The number of aromatic nitrogens is 2. The Morgan fingerprint density at radius 3 is 0.847 bits per heavy atom. The summed E-state index contributed by atoms with van der Waals surface area (Å²) in [5.74, 6) is 4.09. The van der Waals surface area contributed by atoms with E-state index in [-0.39, 0.29) is 62.0 Å². The van der Waals surface area contributed by atoms with Crippen molar-refractivity contribution in [2.45, 2.75) is 26.3 Å². The van der Waals surface area contributed by atoms with Gasteiger partial charge in [0.25, 0.3) is 11.4 Å². The Hall–Kier alpha value is -12.9. The zero-order valence-corrected chi connectivity index (χ0v) is 73.0. The number of nitrogens with zero attached hydrogens (tertiary/aromatic N) is 4. The number of nitrogens with one attached hydrogen (secondary N) is 1. The van der Waals surface area contributed by atoms with Crippen LogP contribution < -0.4 is 73.2 Å². The molecule has 0 bridgehead atoms. The van der Waals surface area contributed by atoms with Crippen LogP contribution in [0.15, 0.2) is 413 Å². The van der Waals surface area contributed by atoms with Crippen molar-refractivity contribution in [2.75, 3.05) is 13.2 Å². The van der Waals surface area contributed by atoms with Crippen LogP contribution in [0.4, 0.5) is 29.3 Å². The molecule has 0 aliphatic rings. The minimum Gasteiger partial charge on any atom is -0.449 e. The average Bonchev–Trinajstić information content (AvgIpc) is 1.62. The van der Waals surface area contributed by atoms with Gasteiger partial charge in [0.1, 0.15) is 5.69 Å². The van der Waals surface area contributed by atoms with Gasteiger partial charge in [-0.15, -0.1) is 0 Å². The fourth-order valence-corrected chi connectivity index (χ4v) is 22.3. The Bertz CT molecular complexity index is 5450. The molecule has 16 aromatic rings. The number of benzene rings is 14. The summed E-state index contributed by atoms with van der Waals surface area (Å²) in [6.07, 6.45) is -1.21. The standard InChI is InChI=1S/4C18H15P.C15H13N3O4.C12H9F3N2O7S.Pd/c4*1-4-10-16(11-5-1)19(17-12-6-2-7-13-17)18-14-8-3-9-15-18;1-10(19)16-7-3-4-13-8-12-9-14(18(21)22)5-6-15(12)17(13)11(2)20;1-2-23-11(18)16-9-4-3-8(17(19)20)5-7(9)6-10(16)24-25(21,22)12(13,14)15;/h4*1-15H;5-6,8-9H,7H2,1-2H3,(H,16,19);3-6H,2H2,1H3;. The number of carbonyl (C=O) groups is 3. The molecule has 0 saturated carbocycles. The van der Waals surface area contributed by atoms with Crippen LogP contribution in [0, 0.1) is 32.1 Å². The molecule has 0 fully saturated rings. The Balaban J connectivity index is 0.000000156. The van der Waals surface area contributed by atoms with Gasteiger partial charge in [0, 0.05) is 75.4 Å². The van der Waals surface area contributed by atoms with Crippen LogP contribution in [0.3, 0.4) is 0 Å². The van der Waals surface area contributed by atoms with Crippen LogP contribution in [0.5, 0.6) is 5.88 Å². The molecular weight excluding hydrogens is 1750 g/mol. The molecular formula is C99H82F3N5O11P4PdS. The predicted octanol–water partition coefficient (Wildman–Crippen LogP) is 18.3. The predicted molar refractivity (Wildman–Crippen MR) is 498 cm³/mol. The zero-order chi connectivity index (χ0) is 86.9. The zero-order valence-electron chi connectivity index (χ0n) is 67.1.